The third-order valence-electron chi connectivity index (χ3n) is 1.97. The van der Waals surface area contributed by atoms with Gasteiger partial charge in [0.2, 0.25) is 0 Å². The maximum Gasteiger partial charge on any atom is 0.290 e. The lowest BCUT2D eigenvalue weighted by Gasteiger charge is -2.18. The van der Waals surface area contributed by atoms with Crippen LogP contribution < -0.4 is 0 Å². The molecule has 3 heteroatoms. The second kappa shape index (κ2) is 7.25. The SMILES string of the molecule is CCC(C)OC(=CC#N)OC(C)CC. The maximum absolute atomic E-state index is 8.52. The molecule has 80 valence electrons. The molecule has 14 heavy (non-hydrogen) atoms. The average Bonchev–Trinajstić information content (AvgIpc) is 2.17. The molecule has 3 nitrogen and oxygen atoms in total. The van der Waals surface area contributed by atoms with E-state index in [0.29, 0.717) is 5.95 Å². The van der Waals surface area contributed by atoms with Crippen molar-refractivity contribution < 1.29 is 9.47 Å². The minimum absolute atomic E-state index is 0.0821. The summed E-state index contributed by atoms with van der Waals surface area (Å²) in [5, 5.41) is 8.52. The molecule has 0 saturated heterocycles. The van der Waals surface area contributed by atoms with Crippen molar-refractivity contribution >= 4 is 0 Å². The molecular weight excluding hydrogens is 178 g/mol. The Morgan fingerprint density at radius 3 is 1.93 bits per heavy atom. The van der Waals surface area contributed by atoms with Crippen LogP contribution in [0.4, 0.5) is 0 Å². The van der Waals surface area contributed by atoms with E-state index in [2.05, 4.69) is 0 Å². The fourth-order valence-electron chi connectivity index (χ4n) is 0.712. The Balaban J connectivity index is 4.18. The van der Waals surface area contributed by atoms with Crippen LogP contribution in [0.25, 0.3) is 0 Å². The van der Waals surface area contributed by atoms with E-state index >= 15 is 0 Å². The Hall–Kier alpha value is -1.17. The molecule has 0 aromatic carbocycles. The van der Waals surface area contributed by atoms with Crippen LogP contribution >= 0.6 is 0 Å². The molecule has 0 amide bonds. The summed E-state index contributed by atoms with van der Waals surface area (Å²) in [4.78, 5) is 0. The smallest absolute Gasteiger partial charge is 0.290 e. The van der Waals surface area contributed by atoms with Crippen molar-refractivity contribution in [1.82, 2.24) is 0 Å². The third kappa shape index (κ3) is 5.47. The molecule has 0 radical (unpaired) electrons. The fraction of sp³-hybridized carbons (Fsp3) is 0.727. The summed E-state index contributed by atoms with van der Waals surface area (Å²) in [7, 11) is 0. The highest BCUT2D eigenvalue weighted by molar-refractivity contribution is 5.03. The minimum Gasteiger partial charge on any atom is -0.462 e. The third-order valence-corrected chi connectivity index (χ3v) is 1.97. The van der Waals surface area contributed by atoms with E-state index in [1.807, 2.05) is 33.8 Å². The standard InChI is InChI=1S/C11H19NO2/c1-5-9(3)13-11(7-8-12)14-10(4)6-2/h7,9-10H,5-6H2,1-4H3. The molecule has 0 spiro atoms. The molecule has 0 aliphatic carbocycles. The molecule has 0 heterocycles. The van der Waals surface area contributed by atoms with Crippen LogP contribution in [-0.2, 0) is 9.47 Å². The molecule has 0 aliphatic heterocycles. The molecule has 0 saturated carbocycles. The van der Waals surface area contributed by atoms with E-state index in [1.165, 1.54) is 6.08 Å². The minimum atomic E-state index is 0.0821. The van der Waals surface area contributed by atoms with Crippen LogP contribution in [0.15, 0.2) is 12.0 Å². The van der Waals surface area contributed by atoms with Gasteiger partial charge >= 0.3 is 0 Å². The van der Waals surface area contributed by atoms with E-state index in [9.17, 15) is 0 Å². The van der Waals surface area contributed by atoms with Gasteiger partial charge in [-0.1, -0.05) is 13.8 Å². The molecule has 0 fully saturated rings. The number of hydrogen-bond donors (Lipinski definition) is 0. The van der Waals surface area contributed by atoms with E-state index in [0.717, 1.165) is 12.8 Å². The molecule has 0 aliphatic rings. The molecule has 2 atom stereocenters. The van der Waals surface area contributed by atoms with Crippen LogP contribution in [0, 0.1) is 11.3 Å². The van der Waals surface area contributed by atoms with E-state index in [-0.39, 0.29) is 12.2 Å². The average molecular weight is 197 g/mol. The number of rotatable bonds is 6. The highest BCUT2D eigenvalue weighted by atomic mass is 16.7. The number of nitriles is 1. The summed E-state index contributed by atoms with van der Waals surface area (Å²) < 4.78 is 10.9. The maximum atomic E-state index is 8.52. The Kier molecular flexibility index (Phi) is 6.65. The first-order valence-corrected chi connectivity index (χ1v) is 5.07. The Labute approximate surface area is 86.3 Å². The van der Waals surface area contributed by atoms with E-state index < -0.39 is 0 Å². The van der Waals surface area contributed by atoms with Crippen molar-refractivity contribution in [3.63, 3.8) is 0 Å². The van der Waals surface area contributed by atoms with E-state index in [4.69, 9.17) is 14.7 Å². The molecule has 2 unspecified atom stereocenters. The number of allylic oxidation sites excluding steroid dienone is 1. The van der Waals surface area contributed by atoms with Crippen LogP contribution in [0.5, 0.6) is 0 Å². The first-order valence-electron chi connectivity index (χ1n) is 5.07. The molecule has 0 rings (SSSR count). The van der Waals surface area contributed by atoms with Gasteiger partial charge in [-0.3, -0.25) is 0 Å². The zero-order valence-electron chi connectivity index (χ0n) is 9.41. The Bertz CT molecular complexity index is 204. The Morgan fingerprint density at radius 1 is 1.21 bits per heavy atom. The van der Waals surface area contributed by atoms with Crippen molar-refractivity contribution in [3.05, 3.63) is 12.0 Å². The highest BCUT2D eigenvalue weighted by Crippen LogP contribution is 2.11. The number of nitrogens with zero attached hydrogens (tertiary/aromatic N) is 1. The normalized spacial score (nSPS) is 13.6. The Morgan fingerprint density at radius 2 is 1.64 bits per heavy atom. The van der Waals surface area contributed by atoms with Crippen molar-refractivity contribution in [2.45, 2.75) is 52.7 Å². The van der Waals surface area contributed by atoms with Crippen molar-refractivity contribution in [1.29, 1.82) is 5.26 Å². The van der Waals surface area contributed by atoms with Gasteiger partial charge in [0, 0.05) is 0 Å². The van der Waals surface area contributed by atoms with Crippen molar-refractivity contribution in [3.8, 4) is 6.07 Å². The first-order chi connectivity index (χ1) is 6.63. The van der Waals surface area contributed by atoms with Gasteiger partial charge in [-0.15, -0.1) is 0 Å². The van der Waals surface area contributed by atoms with Gasteiger partial charge < -0.3 is 9.47 Å². The van der Waals surface area contributed by atoms with E-state index in [1.54, 1.807) is 0 Å². The van der Waals surface area contributed by atoms with Gasteiger partial charge in [0.25, 0.3) is 5.95 Å². The van der Waals surface area contributed by atoms with Crippen molar-refractivity contribution in [2.75, 3.05) is 0 Å². The number of hydrogen-bond acceptors (Lipinski definition) is 3. The fourth-order valence-corrected chi connectivity index (χ4v) is 0.712. The van der Waals surface area contributed by atoms with Crippen LogP contribution in [-0.4, -0.2) is 12.2 Å². The lowest BCUT2D eigenvalue weighted by molar-refractivity contribution is -0.0298. The van der Waals surface area contributed by atoms with Gasteiger partial charge in [-0.2, -0.15) is 5.26 Å². The van der Waals surface area contributed by atoms with Crippen LogP contribution in [0.2, 0.25) is 0 Å². The van der Waals surface area contributed by atoms with Gasteiger partial charge in [-0.05, 0) is 26.7 Å². The quantitative estimate of drug-likeness (QED) is 0.485. The van der Waals surface area contributed by atoms with Crippen LogP contribution in [0.3, 0.4) is 0 Å². The van der Waals surface area contributed by atoms with Gasteiger partial charge in [-0.25, -0.2) is 0 Å². The summed E-state index contributed by atoms with van der Waals surface area (Å²) in [6.07, 6.45) is 3.26. The molecule has 0 aromatic heterocycles. The van der Waals surface area contributed by atoms with Gasteiger partial charge in [0.15, 0.2) is 0 Å². The first kappa shape index (κ1) is 12.8. The van der Waals surface area contributed by atoms with Gasteiger partial charge in [0.1, 0.15) is 0 Å². The lowest BCUT2D eigenvalue weighted by Crippen LogP contribution is -2.13. The topological polar surface area (TPSA) is 42.2 Å². The summed E-state index contributed by atoms with van der Waals surface area (Å²) in [6.45, 7) is 7.95. The summed E-state index contributed by atoms with van der Waals surface area (Å²) in [5.41, 5.74) is 0. The molecule has 0 aromatic rings. The largest absolute Gasteiger partial charge is 0.462 e. The van der Waals surface area contributed by atoms with Crippen molar-refractivity contribution in [2.24, 2.45) is 0 Å². The predicted octanol–water partition coefficient (Wildman–Crippen LogP) is 2.98. The summed E-state index contributed by atoms with van der Waals surface area (Å²) in [5.74, 6) is 0.330. The molecular formula is C11H19NO2. The number of ether oxygens (including phenoxy) is 2. The second-order valence-corrected chi connectivity index (χ2v) is 3.27. The summed E-state index contributed by atoms with van der Waals surface area (Å²) in [6, 6.07) is 1.91. The summed E-state index contributed by atoms with van der Waals surface area (Å²) >= 11 is 0. The second-order valence-electron chi connectivity index (χ2n) is 3.27. The zero-order chi connectivity index (χ0) is 11.0. The molecule has 0 bridgehead atoms. The molecule has 0 N–H and O–H groups in total. The lowest BCUT2D eigenvalue weighted by atomic mass is 10.3. The zero-order valence-corrected chi connectivity index (χ0v) is 9.41. The highest BCUT2D eigenvalue weighted by Gasteiger charge is 2.08. The predicted molar refractivity (Wildman–Crippen MR) is 55.4 cm³/mol. The van der Waals surface area contributed by atoms with Gasteiger partial charge in [0.05, 0.1) is 24.4 Å². The van der Waals surface area contributed by atoms with Crippen LogP contribution in [0.1, 0.15) is 40.5 Å². The monoisotopic (exact) mass is 197 g/mol.